The van der Waals surface area contributed by atoms with Crippen molar-refractivity contribution in [3.8, 4) is 0 Å². The Morgan fingerprint density at radius 1 is 1.09 bits per heavy atom. The zero-order chi connectivity index (χ0) is 16.4. The lowest BCUT2D eigenvalue weighted by Gasteiger charge is -2.28. The van der Waals surface area contributed by atoms with Gasteiger partial charge in [0.1, 0.15) is 11.6 Å². The molecule has 2 aromatic carbocycles. The van der Waals surface area contributed by atoms with Crippen LogP contribution in [0.15, 0.2) is 42.5 Å². The Labute approximate surface area is 131 Å². The fraction of sp³-hybridized carbons (Fsp3) is 0.176. The van der Waals surface area contributed by atoms with Gasteiger partial charge in [-0.15, -0.1) is 0 Å². The van der Waals surface area contributed by atoms with Crippen molar-refractivity contribution < 1.29 is 18.4 Å². The van der Waals surface area contributed by atoms with Crippen molar-refractivity contribution in [2.75, 3.05) is 16.8 Å². The van der Waals surface area contributed by atoms with E-state index in [-0.39, 0.29) is 5.69 Å². The van der Waals surface area contributed by atoms with E-state index in [1.807, 2.05) is 12.1 Å². The summed E-state index contributed by atoms with van der Waals surface area (Å²) in [5.74, 6) is -3.39. The van der Waals surface area contributed by atoms with Crippen molar-refractivity contribution >= 4 is 23.2 Å². The number of carbonyl (C=O) groups is 2. The van der Waals surface area contributed by atoms with Crippen molar-refractivity contribution in [2.45, 2.75) is 12.8 Å². The molecular formula is C17H14F2N2O2. The van der Waals surface area contributed by atoms with Crippen molar-refractivity contribution in [3.63, 3.8) is 0 Å². The van der Waals surface area contributed by atoms with Crippen LogP contribution >= 0.6 is 0 Å². The Hall–Kier alpha value is -2.76. The van der Waals surface area contributed by atoms with Crippen LogP contribution in [0.1, 0.15) is 12.0 Å². The van der Waals surface area contributed by atoms with Crippen LogP contribution in [-0.2, 0) is 16.0 Å². The molecular weight excluding hydrogens is 302 g/mol. The van der Waals surface area contributed by atoms with Crippen molar-refractivity contribution in [3.05, 3.63) is 59.7 Å². The van der Waals surface area contributed by atoms with Crippen LogP contribution in [0.25, 0.3) is 0 Å². The number of carbonyl (C=O) groups excluding carboxylic acids is 2. The molecule has 0 unspecified atom stereocenters. The standard InChI is InChI=1S/C17H14F2N2O2/c18-12-7-8-14(13(19)10-12)20-16(22)17(23)21-9-3-5-11-4-1-2-6-15(11)21/h1-2,4,6-8,10H,3,5,9H2,(H,20,22). The Morgan fingerprint density at radius 3 is 2.65 bits per heavy atom. The van der Waals surface area contributed by atoms with Gasteiger partial charge in [-0.3, -0.25) is 9.59 Å². The van der Waals surface area contributed by atoms with Crippen LogP contribution in [0.4, 0.5) is 20.2 Å². The first-order chi connectivity index (χ1) is 11.1. The van der Waals surface area contributed by atoms with Gasteiger partial charge in [-0.25, -0.2) is 8.78 Å². The average Bonchev–Trinajstić information content (AvgIpc) is 2.56. The van der Waals surface area contributed by atoms with Crippen molar-refractivity contribution in [1.82, 2.24) is 0 Å². The maximum atomic E-state index is 13.6. The van der Waals surface area contributed by atoms with Crippen LogP contribution in [0.5, 0.6) is 0 Å². The third kappa shape index (κ3) is 3.06. The molecule has 3 rings (SSSR count). The summed E-state index contributed by atoms with van der Waals surface area (Å²) in [6.07, 6.45) is 1.59. The summed E-state index contributed by atoms with van der Waals surface area (Å²) in [5.41, 5.74) is 1.46. The molecule has 0 bridgehead atoms. The molecule has 0 spiro atoms. The zero-order valence-electron chi connectivity index (χ0n) is 12.2. The highest BCUT2D eigenvalue weighted by molar-refractivity contribution is 6.44. The summed E-state index contributed by atoms with van der Waals surface area (Å²) in [4.78, 5) is 25.8. The molecule has 1 aliphatic rings. The Morgan fingerprint density at radius 2 is 1.87 bits per heavy atom. The average molecular weight is 316 g/mol. The number of fused-ring (bicyclic) bond motifs is 1. The number of rotatable bonds is 1. The second kappa shape index (κ2) is 6.16. The third-order valence-corrected chi connectivity index (χ3v) is 3.73. The maximum Gasteiger partial charge on any atom is 0.316 e. The summed E-state index contributed by atoms with van der Waals surface area (Å²) in [6.45, 7) is 0.426. The van der Waals surface area contributed by atoms with Gasteiger partial charge in [0.15, 0.2) is 0 Å². The van der Waals surface area contributed by atoms with Gasteiger partial charge in [0.05, 0.1) is 5.69 Å². The van der Waals surface area contributed by atoms with Gasteiger partial charge >= 0.3 is 11.8 Å². The number of hydrogen-bond donors (Lipinski definition) is 1. The van der Waals surface area contributed by atoms with Gasteiger partial charge in [0, 0.05) is 18.3 Å². The number of para-hydroxylation sites is 1. The van der Waals surface area contributed by atoms with Gasteiger partial charge in [-0.1, -0.05) is 18.2 Å². The molecule has 2 amide bonds. The summed E-state index contributed by atoms with van der Waals surface area (Å²) in [7, 11) is 0. The van der Waals surface area contributed by atoms with Gasteiger partial charge in [0.25, 0.3) is 0 Å². The van der Waals surface area contributed by atoms with Crippen LogP contribution in [0, 0.1) is 11.6 Å². The summed E-state index contributed by atoms with van der Waals surface area (Å²) in [5, 5.41) is 2.19. The van der Waals surface area contributed by atoms with E-state index in [1.165, 1.54) is 4.90 Å². The minimum atomic E-state index is -0.952. The van der Waals surface area contributed by atoms with Gasteiger partial charge in [-0.05, 0) is 36.6 Å². The molecule has 0 fully saturated rings. The first-order valence-electron chi connectivity index (χ1n) is 7.22. The lowest BCUT2D eigenvalue weighted by atomic mass is 10.0. The Kier molecular flexibility index (Phi) is 4.06. The number of halogens is 2. The van der Waals surface area contributed by atoms with Gasteiger partial charge in [0.2, 0.25) is 0 Å². The first-order valence-corrected chi connectivity index (χ1v) is 7.22. The largest absolute Gasteiger partial charge is 0.316 e. The molecule has 1 aliphatic heterocycles. The number of aryl methyl sites for hydroxylation is 1. The van der Waals surface area contributed by atoms with Crippen LogP contribution in [0.3, 0.4) is 0 Å². The van der Waals surface area contributed by atoms with E-state index < -0.39 is 23.4 Å². The predicted molar refractivity (Wildman–Crippen MR) is 82.1 cm³/mol. The quantitative estimate of drug-likeness (QED) is 0.823. The number of nitrogens with zero attached hydrogens (tertiary/aromatic N) is 1. The van der Waals surface area contributed by atoms with Gasteiger partial charge < -0.3 is 10.2 Å². The van der Waals surface area contributed by atoms with Crippen molar-refractivity contribution in [2.24, 2.45) is 0 Å². The molecule has 1 heterocycles. The summed E-state index contributed by atoms with van der Waals surface area (Å²) in [6, 6.07) is 10.1. The molecule has 2 aromatic rings. The predicted octanol–water partition coefficient (Wildman–Crippen LogP) is 2.88. The summed E-state index contributed by atoms with van der Waals surface area (Å²) < 4.78 is 26.4. The monoisotopic (exact) mass is 316 g/mol. The molecule has 6 heteroatoms. The summed E-state index contributed by atoms with van der Waals surface area (Å²) >= 11 is 0. The van der Waals surface area contributed by atoms with Crippen LogP contribution in [-0.4, -0.2) is 18.4 Å². The number of benzene rings is 2. The maximum absolute atomic E-state index is 13.6. The Balaban J connectivity index is 1.80. The number of anilines is 2. The topological polar surface area (TPSA) is 49.4 Å². The Bertz CT molecular complexity index is 777. The number of hydrogen-bond acceptors (Lipinski definition) is 2. The molecule has 23 heavy (non-hydrogen) atoms. The molecule has 0 aliphatic carbocycles. The number of amides is 2. The van der Waals surface area contributed by atoms with Crippen LogP contribution in [0.2, 0.25) is 0 Å². The van der Waals surface area contributed by atoms with E-state index in [1.54, 1.807) is 12.1 Å². The van der Waals surface area contributed by atoms with E-state index in [0.29, 0.717) is 18.3 Å². The van der Waals surface area contributed by atoms with Gasteiger partial charge in [-0.2, -0.15) is 0 Å². The minimum Gasteiger partial charge on any atom is -0.315 e. The van der Waals surface area contributed by atoms with E-state index in [9.17, 15) is 18.4 Å². The second-order valence-electron chi connectivity index (χ2n) is 5.27. The molecule has 0 saturated carbocycles. The fourth-order valence-corrected chi connectivity index (χ4v) is 2.63. The highest BCUT2D eigenvalue weighted by atomic mass is 19.1. The highest BCUT2D eigenvalue weighted by Crippen LogP contribution is 2.27. The fourth-order valence-electron chi connectivity index (χ4n) is 2.63. The van der Waals surface area contributed by atoms with E-state index >= 15 is 0 Å². The van der Waals surface area contributed by atoms with E-state index in [4.69, 9.17) is 0 Å². The third-order valence-electron chi connectivity index (χ3n) is 3.73. The van der Waals surface area contributed by atoms with E-state index in [2.05, 4.69) is 5.32 Å². The molecule has 4 nitrogen and oxygen atoms in total. The molecule has 1 N–H and O–H groups in total. The lowest BCUT2D eigenvalue weighted by Crippen LogP contribution is -2.42. The molecule has 0 saturated heterocycles. The number of nitrogens with one attached hydrogen (secondary N) is 1. The SMILES string of the molecule is O=C(Nc1ccc(F)cc1F)C(=O)N1CCCc2ccccc21. The molecule has 0 radical (unpaired) electrons. The van der Waals surface area contributed by atoms with Crippen LogP contribution < -0.4 is 10.2 Å². The molecule has 118 valence electrons. The molecule has 0 atom stereocenters. The lowest BCUT2D eigenvalue weighted by molar-refractivity contribution is -0.134. The highest BCUT2D eigenvalue weighted by Gasteiger charge is 2.27. The zero-order valence-corrected chi connectivity index (χ0v) is 12.2. The molecule has 0 aromatic heterocycles. The van der Waals surface area contributed by atoms with Crippen molar-refractivity contribution in [1.29, 1.82) is 0 Å². The first kappa shape index (κ1) is 15.1. The minimum absolute atomic E-state index is 0.227. The van der Waals surface area contributed by atoms with E-state index in [0.717, 1.165) is 30.5 Å². The normalized spacial score (nSPS) is 13.4. The smallest absolute Gasteiger partial charge is 0.315 e. The second-order valence-corrected chi connectivity index (χ2v) is 5.27.